The molecule has 2 aromatic carbocycles. The third-order valence-electron chi connectivity index (χ3n) is 8.48. The Morgan fingerprint density at radius 1 is 0.795 bits per heavy atom. The van der Waals surface area contributed by atoms with Crippen LogP contribution in [0.25, 0.3) is 0 Å². The lowest BCUT2D eigenvalue weighted by molar-refractivity contribution is -0.146. The third-order valence-corrected chi connectivity index (χ3v) is 13.0. The first-order valence-electron chi connectivity index (χ1n) is 13.1. The van der Waals surface area contributed by atoms with E-state index in [1.54, 1.807) is 26.4 Å². The molecule has 11 heteroatoms. The van der Waals surface area contributed by atoms with E-state index in [-0.39, 0.29) is 37.3 Å². The molecule has 10 nitrogen and oxygen atoms in total. The molecule has 212 valence electrons. The van der Waals surface area contributed by atoms with Crippen molar-refractivity contribution in [3.8, 4) is 40.2 Å². The van der Waals surface area contributed by atoms with E-state index in [0.29, 0.717) is 46.9 Å². The van der Waals surface area contributed by atoms with Gasteiger partial charge in [0.25, 0.3) is 0 Å². The first-order chi connectivity index (χ1) is 18.6. The van der Waals surface area contributed by atoms with Crippen LogP contribution >= 0.6 is 0 Å². The van der Waals surface area contributed by atoms with Crippen molar-refractivity contribution >= 4 is 8.32 Å². The molecule has 0 N–H and O–H groups in total. The minimum absolute atomic E-state index is 0.0512. The Morgan fingerprint density at radius 3 is 1.95 bits per heavy atom. The highest BCUT2D eigenvalue weighted by atomic mass is 28.4. The summed E-state index contributed by atoms with van der Waals surface area (Å²) in [7, 11) is 0.902. The fourth-order valence-electron chi connectivity index (χ4n) is 5.33. The van der Waals surface area contributed by atoms with Gasteiger partial charge in [-0.25, -0.2) is 0 Å². The van der Waals surface area contributed by atoms with E-state index in [1.807, 2.05) is 12.1 Å². The zero-order chi connectivity index (χ0) is 27.6. The van der Waals surface area contributed by atoms with Crippen LogP contribution in [0.15, 0.2) is 24.3 Å². The minimum atomic E-state index is -2.32. The lowest BCUT2D eigenvalue weighted by Gasteiger charge is -2.45. The van der Waals surface area contributed by atoms with Crippen LogP contribution in [0.4, 0.5) is 0 Å². The summed E-state index contributed by atoms with van der Waals surface area (Å²) in [5.74, 6) is 3.99. The molecule has 0 unspecified atom stereocenters. The van der Waals surface area contributed by atoms with Crippen molar-refractivity contribution < 1.29 is 47.1 Å². The van der Waals surface area contributed by atoms with Crippen LogP contribution < -0.4 is 33.2 Å². The van der Waals surface area contributed by atoms with Gasteiger partial charge >= 0.3 is 0 Å². The van der Waals surface area contributed by atoms with Crippen LogP contribution in [-0.4, -0.2) is 61.2 Å². The number of benzene rings is 2. The van der Waals surface area contributed by atoms with E-state index in [4.69, 9.17) is 47.1 Å². The van der Waals surface area contributed by atoms with E-state index in [9.17, 15) is 0 Å². The molecule has 2 saturated heterocycles. The van der Waals surface area contributed by atoms with Crippen molar-refractivity contribution in [2.45, 2.75) is 56.9 Å². The Labute approximate surface area is 229 Å². The summed E-state index contributed by atoms with van der Waals surface area (Å²) < 4.78 is 60.5. The van der Waals surface area contributed by atoms with Crippen molar-refractivity contribution in [2.75, 3.05) is 41.0 Å². The van der Waals surface area contributed by atoms with Crippen LogP contribution in [0, 0.1) is 5.92 Å². The molecule has 0 radical (unpaired) electrons. The van der Waals surface area contributed by atoms with Gasteiger partial charge < -0.3 is 47.1 Å². The molecule has 2 aromatic rings. The highest BCUT2D eigenvalue weighted by Crippen LogP contribution is 2.56. The van der Waals surface area contributed by atoms with Gasteiger partial charge in [0.05, 0.1) is 33.5 Å². The Kier molecular flexibility index (Phi) is 6.33. The average Bonchev–Trinajstić information content (AvgIpc) is 3.66. The summed E-state index contributed by atoms with van der Waals surface area (Å²) in [5.41, 5.74) is -0.0199. The Hall–Kier alpha value is -2.86. The monoisotopic (exact) mass is 560 g/mol. The number of hydrogen-bond acceptors (Lipinski definition) is 10. The first kappa shape index (κ1) is 26.4. The van der Waals surface area contributed by atoms with Gasteiger partial charge in [0, 0.05) is 29.7 Å². The molecule has 4 aliphatic rings. The number of ether oxygens (including phenoxy) is 9. The van der Waals surface area contributed by atoms with Gasteiger partial charge in [-0.2, -0.15) is 0 Å². The molecule has 0 bridgehead atoms. The topological polar surface area (TPSA) is 92.3 Å². The van der Waals surface area contributed by atoms with Crippen LogP contribution in [0.1, 0.15) is 32.4 Å². The maximum atomic E-state index is 7.21. The summed E-state index contributed by atoms with van der Waals surface area (Å²) in [6, 6.07) is 7.31. The van der Waals surface area contributed by atoms with Crippen molar-refractivity contribution in [2.24, 2.45) is 5.92 Å². The zero-order valence-electron chi connectivity index (χ0n) is 23.5. The Morgan fingerprint density at radius 2 is 1.36 bits per heavy atom. The van der Waals surface area contributed by atoms with E-state index in [2.05, 4.69) is 33.9 Å². The minimum Gasteiger partial charge on any atom is -0.496 e. The molecule has 0 aliphatic carbocycles. The van der Waals surface area contributed by atoms with Gasteiger partial charge in [0.15, 0.2) is 42.8 Å². The third kappa shape index (κ3) is 4.26. The molecular weight excluding hydrogens is 524 g/mol. The fourth-order valence-corrected chi connectivity index (χ4v) is 6.90. The number of rotatable bonds is 7. The van der Waals surface area contributed by atoms with E-state index in [0.717, 1.165) is 5.56 Å². The van der Waals surface area contributed by atoms with E-state index in [1.165, 1.54) is 0 Å². The second-order valence-electron chi connectivity index (χ2n) is 11.7. The predicted molar refractivity (Wildman–Crippen MR) is 142 cm³/mol. The summed E-state index contributed by atoms with van der Waals surface area (Å²) in [6.45, 7) is 12.1. The smallest absolute Gasteiger partial charge is 0.231 e. The maximum Gasteiger partial charge on any atom is 0.231 e. The molecule has 4 aliphatic heterocycles. The average molecular weight is 561 g/mol. The lowest BCUT2D eigenvalue weighted by Crippen LogP contribution is -2.58. The molecule has 0 amide bonds. The van der Waals surface area contributed by atoms with Gasteiger partial charge in [-0.1, -0.05) is 20.8 Å². The first-order valence-corrected chi connectivity index (χ1v) is 16.0. The quantitative estimate of drug-likeness (QED) is 0.429. The molecule has 39 heavy (non-hydrogen) atoms. The van der Waals surface area contributed by atoms with E-state index < -0.39 is 20.2 Å². The highest BCUT2D eigenvalue weighted by molar-refractivity contribution is 6.74. The van der Waals surface area contributed by atoms with Crippen LogP contribution in [-0.2, 0) is 13.9 Å². The molecular formula is C28H36O10Si. The normalized spacial score (nSPS) is 27.0. The van der Waals surface area contributed by atoms with Crippen molar-refractivity contribution in [1.29, 1.82) is 0 Å². The van der Waals surface area contributed by atoms with E-state index >= 15 is 0 Å². The van der Waals surface area contributed by atoms with Gasteiger partial charge in [-0.15, -0.1) is 0 Å². The zero-order valence-corrected chi connectivity index (χ0v) is 24.5. The predicted octanol–water partition coefficient (Wildman–Crippen LogP) is 5.04. The molecule has 0 saturated carbocycles. The largest absolute Gasteiger partial charge is 0.496 e. The lowest BCUT2D eigenvalue weighted by atomic mass is 9.85. The second-order valence-corrected chi connectivity index (χ2v) is 16.5. The molecule has 2 fully saturated rings. The highest BCUT2D eigenvalue weighted by Gasteiger charge is 2.65. The number of methoxy groups -OCH3 is 2. The van der Waals surface area contributed by atoms with Gasteiger partial charge in [-0.3, -0.25) is 0 Å². The summed E-state index contributed by atoms with van der Waals surface area (Å²) in [5, 5.41) is -0.0512. The van der Waals surface area contributed by atoms with Crippen molar-refractivity contribution in [3.05, 3.63) is 29.8 Å². The van der Waals surface area contributed by atoms with Crippen molar-refractivity contribution in [3.63, 3.8) is 0 Å². The Bertz CT molecular complexity index is 1260. The maximum absolute atomic E-state index is 7.21. The van der Waals surface area contributed by atoms with Crippen molar-refractivity contribution in [1.82, 2.24) is 0 Å². The fraction of sp³-hybridized carbons (Fsp3) is 0.571. The van der Waals surface area contributed by atoms with Gasteiger partial charge in [0.1, 0.15) is 11.4 Å². The van der Waals surface area contributed by atoms with Gasteiger partial charge in [0.2, 0.25) is 19.9 Å². The standard InChI is InChI=1S/C28H36O10Si/c1-27(2,3)39(6,7)38-28-13-32-25(16-8-20-21(34-14-33-20)9-18(16)29-4)17(28)12-31-26(28)37-24-11-23-22(35-15-36-23)10-19(24)30-5/h8-11,17,25-26H,12-15H2,1-7H3/t17-,25-,26-,28-/m1/s1. The molecule has 4 atom stereocenters. The number of fused-ring (bicyclic) bond motifs is 3. The molecule has 0 aromatic heterocycles. The van der Waals surface area contributed by atoms with Crippen LogP contribution in [0.3, 0.4) is 0 Å². The molecule has 4 heterocycles. The second kappa shape index (κ2) is 9.36. The SMILES string of the molecule is COc1cc2c(cc1O[C@H]1OC[C@@H]3[C@@H](c4cc5c(cc4OC)OCO5)OC[C@]13O[Si](C)(C)C(C)(C)C)OCO2. The van der Waals surface area contributed by atoms with Crippen LogP contribution in [0.2, 0.25) is 18.1 Å². The summed E-state index contributed by atoms with van der Waals surface area (Å²) in [6.07, 6.45) is -1.12. The summed E-state index contributed by atoms with van der Waals surface area (Å²) in [4.78, 5) is 0. The van der Waals surface area contributed by atoms with Gasteiger partial charge in [-0.05, 0) is 24.2 Å². The number of hydrogen-bond donors (Lipinski definition) is 0. The summed E-state index contributed by atoms with van der Waals surface area (Å²) >= 11 is 0. The molecule has 6 rings (SSSR count). The Balaban J connectivity index is 1.39. The van der Waals surface area contributed by atoms with Crippen LogP contribution in [0.5, 0.6) is 40.2 Å². The molecule has 0 spiro atoms.